The molecule has 0 radical (unpaired) electrons. The first-order chi connectivity index (χ1) is 49.4. The van der Waals surface area contributed by atoms with E-state index >= 15 is 0 Å². The largest absolute Gasteiger partial charge is 0.453 e. The third-order valence-corrected chi connectivity index (χ3v) is 15.9. The second-order valence-corrected chi connectivity index (χ2v) is 22.5. The third kappa shape index (κ3) is 17.7. The van der Waals surface area contributed by atoms with E-state index in [9.17, 15) is 47.9 Å². The topological polar surface area (TPSA) is 300 Å². The molecule has 2 unspecified atom stereocenters. The van der Waals surface area contributed by atoms with E-state index in [4.69, 9.17) is 66.3 Å². The van der Waals surface area contributed by atoms with Crippen LogP contribution in [0.5, 0.6) is 34.5 Å². The van der Waals surface area contributed by atoms with Crippen LogP contribution in [-0.4, -0.2) is 135 Å². The number of benzene rings is 8. The molecule has 0 aromatic heterocycles. The molecule has 4 fully saturated rings. The zero-order valence-corrected chi connectivity index (χ0v) is 53.9. The Balaban J connectivity index is 0.000000206. The van der Waals surface area contributed by atoms with Crippen molar-refractivity contribution in [3.8, 4) is 56.8 Å². The molecular weight excluding hydrogens is 1320 g/mol. The molecule has 4 saturated heterocycles. The van der Waals surface area contributed by atoms with Crippen molar-refractivity contribution in [3.05, 3.63) is 278 Å². The van der Waals surface area contributed by atoms with Crippen LogP contribution in [0.1, 0.15) is 62.1 Å². The van der Waals surface area contributed by atoms with Crippen LogP contribution >= 0.6 is 0 Å². The van der Waals surface area contributed by atoms with Gasteiger partial charge in [0, 0.05) is 24.3 Å². The molecule has 0 aliphatic carbocycles. The van der Waals surface area contributed by atoms with Crippen LogP contribution in [0.3, 0.4) is 0 Å². The zero-order valence-electron chi connectivity index (χ0n) is 53.9. The number of ether oxygens (including phenoxy) is 14. The van der Waals surface area contributed by atoms with Gasteiger partial charge in [-0.3, -0.25) is 0 Å². The number of carbonyl (C=O) groups is 10. The van der Waals surface area contributed by atoms with E-state index in [2.05, 4.69) is 26.3 Å². The molecule has 12 rings (SSSR count). The van der Waals surface area contributed by atoms with Gasteiger partial charge in [0.25, 0.3) is 0 Å². The lowest BCUT2D eigenvalue weighted by Crippen LogP contribution is -2.36. The predicted octanol–water partition coefficient (Wildman–Crippen LogP) is 10.6. The van der Waals surface area contributed by atoms with Crippen LogP contribution in [0, 0.1) is 0 Å². The first kappa shape index (κ1) is 70.6. The highest BCUT2D eigenvalue weighted by Crippen LogP contribution is 2.35. The minimum atomic E-state index is -0.773. The van der Waals surface area contributed by atoms with Crippen molar-refractivity contribution < 1.29 is 114 Å². The molecule has 8 atom stereocenters. The second-order valence-electron chi connectivity index (χ2n) is 22.5. The Bertz CT molecular complexity index is 4180. The first-order valence-electron chi connectivity index (χ1n) is 31.3. The van der Waals surface area contributed by atoms with Gasteiger partial charge in [0.1, 0.15) is 58.9 Å². The molecule has 0 bridgehead atoms. The van der Waals surface area contributed by atoms with Gasteiger partial charge in [0.05, 0.1) is 59.8 Å². The van der Waals surface area contributed by atoms with Gasteiger partial charge in [0.15, 0.2) is 24.4 Å². The van der Waals surface area contributed by atoms with Gasteiger partial charge >= 0.3 is 59.7 Å². The Morgan fingerprint density at radius 2 is 0.412 bits per heavy atom. The van der Waals surface area contributed by atoms with E-state index in [0.29, 0.717) is 22.6 Å². The van der Waals surface area contributed by atoms with Crippen LogP contribution in [0.25, 0.3) is 22.3 Å². The van der Waals surface area contributed by atoms with Gasteiger partial charge in [-0.1, -0.05) is 74.8 Å². The Labute approximate surface area is 581 Å². The summed E-state index contributed by atoms with van der Waals surface area (Å²) in [7, 11) is 0. The minimum Gasteiger partial charge on any atom is -0.453 e. The average molecular weight is 1380 g/mol. The fraction of sp³-hybridized carbons (Fsp3) is 0.154. The highest BCUT2D eigenvalue weighted by molar-refractivity contribution is 5.95. The summed E-state index contributed by atoms with van der Waals surface area (Å²) >= 11 is 0. The molecule has 0 amide bonds. The Kier molecular flexibility index (Phi) is 22.7. The molecular formula is C78H60O24. The lowest BCUT2D eigenvalue weighted by Gasteiger charge is -2.17. The summed E-state index contributed by atoms with van der Waals surface area (Å²) in [4.78, 5) is 122. The Morgan fingerprint density at radius 3 is 0.618 bits per heavy atom. The van der Waals surface area contributed by atoms with E-state index in [1.807, 2.05) is 0 Å². The predicted molar refractivity (Wildman–Crippen MR) is 359 cm³/mol. The molecule has 4 aliphatic rings. The van der Waals surface area contributed by atoms with Crippen molar-refractivity contribution in [1.82, 2.24) is 0 Å². The smallest absolute Gasteiger partial charge is 0.343 e. The molecule has 24 nitrogen and oxygen atoms in total. The standard InChI is InChI=1S/C40H30O14.C38H30O10/c1-3-33(41)49-27-13-5-23(6-14-27)37(43)51-29-17-9-25(10-18-29)39(45)53-31-21-47-36-32(22-48-35(31)36)54-40(46)26-11-19-30(20-12-26)52-38(44)24-7-15-28(16-8-24)50-34(42)4-2;1-3-33(39)45-29-17-13-25(14-18-29)23-5-9-27(10-6-23)37(41)47-31-21-43-36-32(22-44-35(31)36)48-38(42)28-11-7-24(8-12-28)26-15-19-30(20-16-26)46-34(40)4-2/h3-20,31-32,35-36H,1-2,21-22H2;3-20,31-32,35-36H,1-2,21-22H2/t2*31-,32?,35+,36+/m00/s1. The normalized spacial score (nSPS) is 18.8. The number of fused-ring (bicyclic) bond motifs is 2. The first-order valence-corrected chi connectivity index (χ1v) is 31.3. The zero-order chi connectivity index (χ0) is 71.8. The summed E-state index contributed by atoms with van der Waals surface area (Å²) in [5.41, 5.74) is 4.97. The molecule has 0 spiro atoms. The molecule has 0 N–H and O–H groups in total. The highest BCUT2D eigenvalue weighted by atomic mass is 16.7. The summed E-state index contributed by atoms with van der Waals surface area (Å²) in [6.07, 6.45) is -1.15. The number of hydrogen-bond acceptors (Lipinski definition) is 24. The van der Waals surface area contributed by atoms with Crippen LogP contribution in [0.15, 0.2) is 245 Å². The van der Waals surface area contributed by atoms with Crippen LogP contribution in [0.2, 0.25) is 0 Å². The summed E-state index contributed by atoms with van der Waals surface area (Å²) in [6.45, 7) is 13.6. The van der Waals surface area contributed by atoms with Gasteiger partial charge in [-0.2, -0.15) is 0 Å². The van der Waals surface area contributed by atoms with Crippen molar-refractivity contribution in [2.75, 3.05) is 26.4 Å². The maximum atomic E-state index is 13.0. The van der Waals surface area contributed by atoms with Crippen molar-refractivity contribution >= 4 is 59.7 Å². The van der Waals surface area contributed by atoms with Gasteiger partial charge in [-0.15, -0.1) is 0 Å². The van der Waals surface area contributed by atoms with Crippen molar-refractivity contribution in [2.24, 2.45) is 0 Å². The number of hydrogen-bond donors (Lipinski definition) is 0. The fourth-order valence-corrected chi connectivity index (χ4v) is 10.7. The van der Waals surface area contributed by atoms with E-state index < -0.39 is 109 Å². The number of rotatable bonds is 22. The van der Waals surface area contributed by atoms with Crippen molar-refractivity contribution in [3.63, 3.8) is 0 Å². The molecule has 8 aromatic carbocycles. The van der Waals surface area contributed by atoms with Gasteiger partial charge in [-0.25, -0.2) is 47.9 Å². The molecule has 4 heterocycles. The van der Waals surface area contributed by atoms with Gasteiger partial charge < -0.3 is 66.3 Å². The van der Waals surface area contributed by atoms with Crippen LogP contribution < -0.4 is 28.4 Å². The third-order valence-electron chi connectivity index (χ3n) is 15.9. The summed E-state index contributed by atoms with van der Waals surface area (Å²) < 4.78 is 77.0. The van der Waals surface area contributed by atoms with E-state index in [-0.39, 0.29) is 71.7 Å². The maximum Gasteiger partial charge on any atom is 0.343 e. The van der Waals surface area contributed by atoms with Crippen molar-refractivity contribution in [1.29, 1.82) is 0 Å². The second kappa shape index (κ2) is 32.7. The number of esters is 10. The Morgan fingerprint density at radius 1 is 0.245 bits per heavy atom. The molecule has 4 aliphatic heterocycles. The van der Waals surface area contributed by atoms with E-state index in [0.717, 1.165) is 46.6 Å². The molecule has 516 valence electrons. The molecule has 0 saturated carbocycles. The maximum absolute atomic E-state index is 13.0. The lowest BCUT2D eigenvalue weighted by atomic mass is 10.0. The van der Waals surface area contributed by atoms with Gasteiger partial charge in [0.2, 0.25) is 0 Å². The number of carbonyl (C=O) groups excluding carboxylic acids is 10. The quantitative estimate of drug-likeness (QED) is 0.0263. The van der Waals surface area contributed by atoms with Crippen LogP contribution in [0.4, 0.5) is 0 Å². The van der Waals surface area contributed by atoms with Crippen molar-refractivity contribution in [2.45, 2.75) is 48.8 Å². The fourth-order valence-electron chi connectivity index (χ4n) is 10.7. The lowest BCUT2D eigenvalue weighted by molar-refractivity contribution is -0.129. The van der Waals surface area contributed by atoms with E-state index in [1.54, 1.807) is 97.1 Å². The monoisotopic (exact) mass is 1380 g/mol. The summed E-state index contributed by atoms with van der Waals surface area (Å²) in [5.74, 6) is -4.42. The molecule has 102 heavy (non-hydrogen) atoms. The highest BCUT2D eigenvalue weighted by Gasteiger charge is 2.52. The molecule has 8 aromatic rings. The summed E-state index contributed by atoms with van der Waals surface area (Å²) in [5, 5.41) is 0. The average Bonchev–Trinajstić information content (AvgIpc) is 1.64. The van der Waals surface area contributed by atoms with Gasteiger partial charge in [-0.05, 0) is 168 Å². The van der Waals surface area contributed by atoms with E-state index in [1.165, 1.54) is 97.1 Å². The summed E-state index contributed by atoms with van der Waals surface area (Å²) in [6, 6.07) is 50.7. The van der Waals surface area contributed by atoms with Crippen LogP contribution in [-0.2, 0) is 57.1 Å². The molecule has 24 heteroatoms. The SMILES string of the molecule is C=CC(=O)Oc1ccc(-c2ccc(C(=O)OC3CO[C@@H]4[C@@H](OC(=O)c5ccc(-c6ccc(OC(=O)C=C)cc6)cc5)CO[C@H]34)cc2)cc1.C=CC(=O)Oc1ccc(C(=O)Oc2ccc(C(=O)OC3CO[C@@H]4[C@@H](OC(=O)c5ccc(OC(=O)c6ccc(OC(=O)C=C)cc6)cc5)CO[C@H]34)cc2)cc1. The minimum absolute atomic E-state index is 0.0131. The Hall–Kier alpha value is -12.7.